The minimum absolute atomic E-state index is 0.126. The molecule has 1 saturated heterocycles. The largest absolute Gasteiger partial charge is 0.490 e. The first-order valence-corrected chi connectivity index (χ1v) is 6.93. The Morgan fingerprint density at radius 1 is 1.26 bits per heavy atom. The number of hydrogen-bond acceptors (Lipinski definition) is 3. The zero-order chi connectivity index (χ0) is 17.6. The lowest BCUT2D eigenvalue weighted by Crippen LogP contribution is -2.38. The fourth-order valence-electron chi connectivity index (χ4n) is 2.18. The number of aliphatic carboxylic acids is 1. The van der Waals surface area contributed by atoms with Crippen molar-refractivity contribution in [1.82, 2.24) is 9.80 Å². The van der Waals surface area contributed by atoms with Crippen LogP contribution in [0.25, 0.3) is 0 Å². The summed E-state index contributed by atoms with van der Waals surface area (Å²) in [7, 11) is 4.00. The fourth-order valence-corrected chi connectivity index (χ4v) is 2.18. The maximum absolute atomic E-state index is 12.1. The lowest BCUT2D eigenvalue weighted by atomic mass is 10.1. The highest BCUT2D eigenvalue weighted by molar-refractivity contribution is 5.94. The molecule has 1 amide bonds. The van der Waals surface area contributed by atoms with Crippen LogP contribution in [0.5, 0.6) is 0 Å². The number of benzene rings is 1. The first-order valence-electron chi connectivity index (χ1n) is 6.93. The zero-order valence-corrected chi connectivity index (χ0v) is 12.9. The second kappa shape index (κ2) is 7.96. The van der Waals surface area contributed by atoms with Gasteiger partial charge in [-0.3, -0.25) is 4.79 Å². The lowest BCUT2D eigenvalue weighted by molar-refractivity contribution is -0.192. The van der Waals surface area contributed by atoms with Gasteiger partial charge in [-0.25, -0.2) is 4.79 Å². The summed E-state index contributed by atoms with van der Waals surface area (Å²) in [6.07, 6.45) is -4.01. The van der Waals surface area contributed by atoms with Gasteiger partial charge in [-0.2, -0.15) is 13.2 Å². The Morgan fingerprint density at radius 3 is 2.17 bits per heavy atom. The molecular weight excluding hydrogens is 313 g/mol. The molecule has 1 fully saturated rings. The Labute approximate surface area is 132 Å². The highest BCUT2D eigenvalue weighted by Crippen LogP contribution is 2.15. The van der Waals surface area contributed by atoms with Crippen molar-refractivity contribution in [3.05, 3.63) is 35.9 Å². The van der Waals surface area contributed by atoms with Crippen LogP contribution >= 0.6 is 0 Å². The van der Waals surface area contributed by atoms with E-state index in [9.17, 15) is 18.0 Å². The molecule has 2 rings (SSSR count). The number of halogens is 3. The summed E-state index contributed by atoms with van der Waals surface area (Å²) < 4.78 is 31.7. The second-order valence-electron chi connectivity index (χ2n) is 5.29. The Balaban J connectivity index is 0.000000322. The third kappa shape index (κ3) is 5.90. The van der Waals surface area contributed by atoms with Gasteiger partial charge in [0.1, 0.15) is 0 Å². The Kier molecular flexibility index (Phi) is 6.56. The zero-order valence-electron chi connectivity index (χ0n) is 12.9. The normalized spacial score (nSPS) is 18.0. The van der Waals surface area contributed by atoms with Crippen LogP contribution in [-0.2, 0) is 4.79 Å². The summed E-state index contributed by atoms with van der Waals surface area (Å²) in [6.45, 7) is 2.06. The van der Waals surface area contributed by atoms with Crippen LogP contribution in [0.4, 0.5) is 13.2 Å². The molecule has 5 nitrogen and oxygen atoms in total. The maximum atomic E-state index is 12.1. The topological polar surface area (TPSA) is 60.9 Å². The van der Waals surface area contributed by atoms with Gasteiger partial charge in [-0.1, -0.05) is 18.2 Å². The molecule has 0 saturated carbocycles. The van der Waals surface area contributed by atoms with Crippen molar-refractivity contribution in [2.75, 3.05) is 27.2 Å². The third-order valence-corrected chi connectivity index (χ3v) is 3.50. The average Bonchev–Trinajstić information content (AvgIpc) is 2.93. The number of carbonyl (C=O) groups is 2. The average molecular weight is 332 g/mol. The molecule has 0 aromatic heterocycles. The van der Waals surface area contributed by atoms with E-state index < -0.39 is 12.1 Å². The number of rotatable bonds is 2. The predicted octanol–water partition coefficient (Wildman–Crippen LogP) is 2.10. The molecule has 1 aliphatic heterocycles. The Bertz CT molecular complexity index is 535. The van der Waals surface area contributed by atoms with Crippen molar-refractivity contribution in [1.29, 1.82) is 0 Å². The van der Waals surface area contributed by atoms with Crippen LogP contribution in [0, 0.1) is 0 Å². The quantitative estimate of drug-likeness (QED) is 0.901. The van der Waals surface area contributed by atoms with Gasteiger partial charge in [-0.15, -0.1) is 0 Å². The Morgan fingerprint density at radius 2 is 1.78 bits per heavy atom. The molecule has 1 heterocycles. The Hall–Kier alpha value is -2.09. The van der Waals surface area contributed by atoms with E-state index in [0.29, 0.717) is 6.04 Å². The second-order valence-corrected chi connectivity index (χ2v) is 5.29. The summed E-state index contributed by atoms with van der Waals surface area (Å²) in [6, 6.07) is 9.84. The number of likely N-dealkylation sites (N-methyl/N-ethyl adjacent to an activating group) is 2. The molecule has 1 aliphatic rings. The molecule has 0 bridgehead atoms. The van der Waals surface area contributed by atoms with E-state index >= 15 is 0 Å². The monoisotopic (exact) mass is 332 g/mol. The van der Waals surface area contributed by atoms with Crippen LogP contribution in [0.2, 0.25) is 0 Å². The molecule has 1 aromatic carbocycles. The minimum atomic E-state index is -5.08. The van der Waals surface area contributed by atoms with E-state index in [1.165, 1.54) is 0 Å². The van der Waals surface area contributed by atoms with Crippen molar-refractivity contribution in [2.24, 2.45) is 0 Å². The molecule has 1 atom stereocenters. The number of carbonyl (C=O) groups excluding carboxylic acids is 1. The standard InChI is InChI=1S/C13H18N2O.C2HF3O2/c1-14-9-8-12(10-14)15(2)13(16)11-6-4-3-5-7-11;3-2(4,5)1(6)7/h3-7,12H,8-10H2,1-2H3;(H,6,7). The molecule has 8 heteroatoms. The summed E-state index contributed by atoms with van der Waals surface area (Å²) >= 11 is 0. The highest BCUT2D eigenvalue weighted by atomic mass is 19.4. The van der Waals surface area contributed by atoms with E-state index in [-0.39, 0.29) is 5.91 Å². The van der Waals surface area contributed by atoms with Crippen molar-refractivity contribution < 1.29 is 27.9 Å². The van der Waals surface area contributed by atoms with Crippen molar-refractivity contribution in [3.63, 3.8) is 0 Å². The van der Waals surface area contributed by atoms with Gasteiger partial charge >= 0.3 is 12.1 Å². The van der Waals surface area contributed by atoms with Gasteiger partial charge < -0.3 is 14.9 Å². The maximum Gasteiger partial charge on any atom is 0.490 e. The molecule has 1 N–H and O–H groups in total. The van der Waals surface area contributed by atoms with E-state index in [1.54, 1.807) is 0 Å². The highest BCUT2D eigenvalue weighted by Gasteiger charge is 2.38. The molecule has 128 valence electrons. The predicted molar refractivity (Wildman–Crippen MR) is 78.1 cm³/mol. The van der Waals surface area contributed by atoms with Crippen LogP contribution in [0.1, 0.15) is 16.8 Å². The molecule has 0 radical (unpaired) electrons. The molecule has 1 unspecified atom stereocenters. The molecule has 0 spiro atoms. The van der Waals surface area contributed by atoms with Crippen molar-refractivity contribution in [2.45, 2.75) is 18.6 Å². The minimum Gasteiger partial charge on any atom is -0.475 e. The number of carboxylic acid groups (broad SMARTS) is 1. The fraction of sp³-hybridized carbons (Fsp3) is 0.467. The smallest absolute Gasteiger partial charge is 0.475 e. The summed E-state index contributed by atoms with van der Waals surface area (Å²) in [4.78, 5) is 25.2. The van der Waals surface area contributed by atoms with Gasteiger partial charge in [0.15, 0.2) is 0 Å². The van der Waals surface area contributed by atoms with Crippen LogP contribution in [0.3, 0.4) is 0 Å². The van der Waals surface area contributed by atoms with Gasteiger partial charge in [0.2, 0.25) is 0 Å². The van der Waals surface area contributed by atoms with Crippen molar-refractivity contribution in [3.8, 4) is 0 Å². The summed E-state index contributed by atoms with van der Waals surface area (Å²) in [5, 5.41) is 7.12. The molecule has 23 heavy (non-hydrogen) atoms. The number of nitrogens with zero attached hydrogens (tertiary/aromatic N) is 2. The molecular formula is C15H19F3N2O3. The lowest BCUT2D eigenvalue weighted by Gasteiger charge is -2.24. The van der Waals surface area contributed by atoms with E-state index in [4.69, 9.17) is 9.90 Å². The number of likely N-dealkylation sites (tertiary alicyclic amines) is 1. The summed E-state index contributed by atoms with van der Waals surface area (Å²) in [5.74, 6) is -2.63. The number of amides is 1. The summed E-state index contributed by atoms with van der Waals surface area (Å²) in [5.41, 5.74) is 0.777. The van der Waals surface area contributed by atoms with E-state index in [0.717, 1.165) is 25.1 Å². The van der Waals surface area contributed by atoms with Crippen LogP contribution in [0.15, 0.2) is 30.3 Å². The van der Waals surface area contributed by atoms with E-state index in [2.05, 4.69) is 11.9 Å². The number of alkyl halides is 3. The van der Waals surface area contributed by atoms with E-state index in [1.807, 2.05) is 42.3 Å². The van der Waals surface area contributed by atoms with Gasteiger partial charge in [0.25, 0.3) is 5.91 Å². The van der Waals surface area contributed by atoms with Crippen LogP contribution in [-0.4, -0.2) is 66.2 Å². The number of carboxylic acids is 1. The first-order chi connectivity index (χ1) is 10.6. The van der Waals surface area contributed by atoms with Gasteiger partial charge in [0, 0.05) is 25.2 Å². The molecule has 1 aromatic rings. The van der Waals surface area contributed by atoms with Crippen LogP contribution < -0.4 is 0 Å². The van der Waals surface area contributed by atoms with Gasteiger partial charge in [-0.05, 0) is 32.1 Å². The molecule has 0 aliphatic carbocycles. The number of hydrogen-bond donors (Lipinski definition) is 1. The SMILES string of the molecule is CN1CCC(N(C)C(=O)c2ccccc2)C1.O=C(O)C(F)(F)F. The third-order valence-electron chi connectivity index (χ3n) is 3.50. The van der Waals surface area contributed by atoms with Crippen molar-refractivity contribution >= 4 is 11.9 Å². The first kappa shape index (κ1) is 19.0. The van der Waals surface area contributed by atoms with Gasteiger partial charge in [0.05, 0.1) is 0 Å².